The Kier molecular flexibility index (Phi) is 3.08. The van der Waals surface area contributed by atoms with Gasteiger partial charge >= 0.3 is 0 Å². The molecule has 0 aromatic heterocycles. The predicted octanol–water partition coefficient (Wildman–Crippen LogP) is 2.21. The van der Waals surface area contributed by atoms with Crippen LogP contribution in [0.2, 0.25) is 0 Å². The van der Waals surface area contributed by atoms with Crippen LogP contribution in [0.25, 0.3) is 0 Å². The van der Waals surface area contributed by atoms with Gasteiger partial charge in [0.15, 0.2) is 0 Å². The first-order valence-electron chi connectivity index (χ1n) is 5.62. The van der Waals surface area contributed by atoms with Crippen molar-refractivity contribution in [3.05, 3.63) is 35.4 Å². The Balaban J connectivity index is 2.11. The summed E-state index contributed by atoms with van der Waals surface area (Å²) < 4.78 is 5.08. The molecule has 2 N–H and O–H groups in total. The van der Waals surface area contributed by atoms with E-state index in [1.54, 1.807) is 7.11 Å². The van der Waals surface area contributed by atoms with E-state index in [0.717, 1.165) is 25.9 Å². The Morgan fingerprint density at radius 3 is 2.80 bits per heavy atom. The maximum Gasteiger partial charge on any atom is 0.0502 e. The Bertz CT molecular complexity index is 331. The summed E-state index contributed by atoms with van der Waals surface area (Å²) in [5, 5.41) is 0. The minimum absolute atomic E-state index is 0.0386. The molecule has 0 spiro atoms. The molecule has 0 heterocycles. The number of methoxy groups -OCH3 is 1. The average Bonchev–Trinajstić information content (AvgIpc) is 2.23. The number of hydrogen-bond donors (Lipinski definition) is 1. The monoisotopic (exact) mass is 205 g/mol. The Morgan fingerprint density at radius 2 is 2.20 bits per heavy atom. The van der Waals surface area contributed by atoms with E-state index < -0.39 is 0 Å². The highest BCUT2D eigenvalue weighted by atomic mass is 16.5. The second kappa shape index (κ2) is 4.33. The first kappa shape index (κ1) is 10.7. The van der Waals surface area contributed by atoms with Gasteiger partial charge in [-0.05, 0) is 36.8 Å². The van der Waals surface area contributed by atoms with Crippen LogP contribution >= 0.6 is 0 Å². The maximum absolute atomic E-state index is 6.29. The molecule has 0 bridgehead atoms. The van der Waals surface area contributed by atoms with Crippen molar-refractivity contribution in [1.82, 2.24) is 0 Å². The molecule has 1 aliphatic rings. The van der Waals surface area contributed by atoms with Crippen molar-refractivity contribution >= 4 is 0 Å². The van der Waals surface area contributed by atoms with Gasteiger partial charge in [0.1, 0.15) is 0 Å². The van der Waals surface area contributed by atoms with Crippen molar-refractivity contribution in [3.8, 4) is 0 Å². The van der Waals surface area contributed by atoms with Crippen LogP contribution in [0.3, 0.4) is 0 Å². The van der Waals surface area contributed by atoms with Crippen molar-refractivity contribution in [2.24, 2.45) is 5.73 Å². The molecule has 0 unspecified atom stereocenters. The maximum atomic E-state index is 6.29. The minimum Gasteiger partial charge on any atom is -0.384 e. The van der Waals surface area contributed by atoms with Gasteiger partial charge < -0.3 is 10.5 Å². The van der Waals surface area contributed by atoms with Gasteiger partial charge in [0.05, 0.1) is 6.61 Å². The Hall–Kier alpha value is -0.860. The highest BCUT2D eigenvalue weighted by molar-refractivity contribution is 5.31. The molecule has 2 nitrogen and oxygen atoms in total. The first-order chi connectivity index (χ1) is 7.24. The lowest BCUT2D eigenvalue weighted by Crippen LogP contribution is -2.43. The molecule has 15 heavy (non-hydrogen) atoms. The minimum atomic E-state index is -0.0386. The lowest BCUT2D eigenvalue weighted by molar-refractivity contribution is 0.202. The third-order valence-electron chi connectivity index (χ3n) is 3.34. The third kappa shape index (κ3) is 2.21. The molecule has 2 rings (SSSR count). The largest absolute Gasteiger partial charge is 0.384 e. The van der Waals surface area contributed by atoms with Gasteiger partial charge in [0.25, 0.3) is 0 Å². The summed E-state index contributed by atoms with van der Waals surface area (Å²) in [6.07, 6.45) is 4.49. The van der Waals surface area contributed by atoms with E-state index in [2.05, 4.69) is 24.3 Å². The van der Waals surface area contributed by atoms with Crippen molar-refractivity contribution in [1.29, 1.82) is 0 Å². The predicted molar refractivity (Wildman–Crippen MR) is 61.7 cm³/mol. The molecule has 0 saturated heterocycles. The van der Waals surface area contributed by atoms with E-state index in [0.29, 0.717) is 0 Å². The summed E-state index contributed by atoms with van der Waals surface area (Å²) in [4.78, 5) is 0. The van der Waals surface area contributed by atoms with Gasteiger partial charge in [0, 0.05) is 12.6 Å². The number of ether oxygens (including phenoxy) is 1. The van der Waals surface area contributed by atoms with Crippen molar-refractivity contribution in [2.45, 2.75) is 31.2 Å². The van der Waals surface area contributed by atoms with Crippen LogP contribution in [0, 0.1) is 0 Å². The third-order valence-corrected chi connectivity index (χ3v) is 3.34. The number of benzene rings is 1. The molecule has 0 radical (unpaired) electrons. The zero-order valence-electron chi connectivity index (χ0n) is 9.33. The molecule has 1 saturated carbocycles. The van der Waals surface area contributed by atoms with Crippen LogP contribution in [-0.4, -0.2) is 13.7 Å². The van der Waals surface area contributed by atoms with E-state index >= 15 is 0 Å². The topological polar surface area (TPSA) is 35.2 Å². The molecule has 1 aliphatic carbocycles. The van der Waals surface area contributed by atoms with Gasteiger partial charge in [0.2, 0.25) is 0 Å². The average molecular weight is 205 g/mol. The second-order valence-electron chi connectivity index (χ2n) is 4.45. The van der Waals surface area contributed by atoms with Gasteiger partial charge in [-0.1, -0.05) is 24.3 Å². The summed E-state index contributed by atoms with van der Waals surface area (Å²) in [5.41, 5.74) is 8.87. The summed E-state index contributed by atoms with van der Waals surface area (Å²) in [6, 6.07) is 8.63. The van der Waals surface area contributed by atoms with Crippen LogP contribution in [0.5, 0.6) is 0 Å². The quantitative estimate of drug-likeness (QED) is 0.818. The van der Waals surface area contributed by atoms with Crippen molar-refractivity contribution in [3.63, 3.8) is 0 Å². The van der Waals surface area contributed by atoms with Crippen LogP contribution in [-0.2, 0) is 16.7 Å². The highest BCUT2D eigenvalue weighted by Gasteiger charge is 2.34. The highest BCUT2D eigenvalue weighted by Crippen LogP contribution is 2.38. The van der Waals surface area contributed by atoms with Crippen LogP contribution in [0.15, 0.2) is 24.3 Å². The zero-order chi connectivity index (χ0) is 10.7. The van der Waals surface area contributed by atoms with Crippen LogP contribution < -0.4 is 5.73 Å². The van der Waals surface area contributed by atoms with Gasteiger partial charge in [-0.3, -0.25) is 0 Å². The molecule has 0 amide bonds. The molecule has 0 aliphatic heterocycles. The van der Waals surface area contributed by atoms with E-state index in [1.807, 2.05) is 0 Å². The van der Waals surface area contributed by atoms with Gasteiger partial charge in [-0.25, -0.2) is 0 Å². The number of hydrogen-bond acceptors (Lipinski definition) is 2. The fourth-order valence-electron chi connectivity index (χ4n) is 2.10. The first-order valence-corrected chi connectivity index (χ1v) is 5.62. The van der Waals surface area contributed by atoms with E-state index in [4.69, 9.17) is 10.5 Å². The van der Waals surface area contributed by atoms with E-state index in [-0.39, 0.29) is 5.54 Å². The van der Waals surface area contributed by atoms with Crippen molar-refractivity contribution < 1.29 is 4.74 Å². The Morgan fingerprint density at radius 1 is 1.40 bits per heavy atom. The molecule has 2 heteroatoms. The van der Waals surface area contributed by atoms with Gasteiger partial charge in [-0.2, -0.15) is 0 Å². The normalized spacial score (nSPS) is 18.5. The molecular formula is C13H19NO. The lowest BCUT2D eigenvalue weighted by atomic mass is 9.72. The summed E-state index contributed by atoms with van der Waals surface area (Å²) in [7, 11) is 1.74. The molecule has 1 fully saturated rings. The molecular weight excluding hydrogens is 186 g/mol. The lowest BCUT2D eigenvalue weighted by Gasteiger charge is -2.38. The smallest absolute Gasteiger partial charge is 0.0502 e. The number of nitrogens with two attached hydrogens (primary N) is 1. The molecule has 1 aromatic rings. The second-order valence-corrected chi connectivity index (χ2v) is 4.45. The SMILES string of the molecule is COCCc1cccc(C2(N)CCC2)c1. The number of rotatable bonds is 4. The molecule has 1 aromatic carbocycles. The van der Waals surface area contributed by atoms with Crippen LogP contribution in [0.1, 0.15) is 30.4 Å². The summed E-state index contributed by atoms with van der Waals surface area (Å²) in [6.45, 7) is 0.779. The fraction of sp³-hybridized carbons (Fsp3) is 0.538. The molecule has 82 valence electrons. The Labute approximate surface area is 91.4 Å². The van der Waals surface area contributed by atoms with E-state index in [1.165, 1.54) is 17.5 Å². The fourth-order valence-corrected chi connectivity index (χ4v) is 2.10. The summed E-state index contributed by atoms with van der Waals surface area (Å²) in [5.74, 6) is 0. The standard InChI is InChI=1S/C13H19NO/c1-15-9-6-11-4-2-5-12(10-11)13(14)7-3-8-13/h2,4-5,10H,3,6-9,14H2,1H3. The molecule has 0 atom stereocenters. The van der Waals surface area contributed by atoms with Crippen LogP contribution in [0.4, 0.5) is 0 Å². The zero-order valence-corrected chi connectivity index (χ0v) is 9.33. The van der Waals surface area contributed by atoms with Crippen molar-refractivity contribution in [2.75, 3.05) is 13.7 Å². The van der Waals surface area contributed by atoms with E-state index in [9.17, 15) is 0 Å². The van der Waals surface area contributed by atoms with Gasteiger partial charge in [-0.15, -0.1) is 0 Å². The summed E-state index contributed by atoms with van der Waals surface area (Å²) >= 11 is 0.